The molecule has 110 valence electrons. The highest BCUT2D eigenvalue weighted by Crippen LogP contribution is 2.44. The molecule has 1 aromatic rings. The van der Waals surface area contributed by atoms with Crippen LogP contribution < -0.4 is 5.32 Å². The SMILES string of the molecule is O[C@]12CCCC[C@@H]1CCCC2Nc1cc(F)ccc1F. The van der Waals surface area contributed by atoms with E-state index in [1.807, 2.05) is 0 Å². The van der Waals surface area contributed by atoms with Crippen LogP contribution in [0.15, 0.2) is 18.2 Å². The first-order valence-electron chi connectivity index (χ1n) is 7.53. The van der Waals surface area contributed by atoms with E-state index in [4.69, 9.17) is 0 Å². The zero-order chi connectivity index (χ0) is 14.2. The number of aliphatic hydroxyl groups is 1. The molecule has 3 atom stereocenters. The Labute approximate surface area is 118 Å². The third kappa shape index (κ3) is 2.41. The van der Waals surface area contributed by atoms with Crippen molar-refractivity contribution < 1.29 is 13.9 Å². The quantitative estimate of drug-likeness (QED) is 0.863. The van der Waals surface area contributed by atoms with E-state index in [0.29, 0.717) is 5.92 Å². The maximum Gasteiger partial charge on any atom is 0.146 e. The zero-order valence-electron chi connectivity index (χ0n) is 11.5. The fourth-order valence-corrected chi connectivity index (χ4v) is 3.92. The maximum absolute atomic E-state index is 13.8. The summed E-state index contributed by atoms with van der Waals surface area (Å²) < 4.78 is 27.0. The summed E-state index contributed by atoms with van der Waals surface area (Å²) in [6.45, 7) is 0. The van der Waals surface area contributed by atoms with Crippen molar-refractivity contribution in [2.45, 2.75) is 56.6 Å². The van der Waals surface area contributed by atoms with Gasteiger partial charge in [0.05, 0.1) is 17.3 Å². The predicted molar refractivity (Wildman–Crippen MR) is 74.5 cm³/mol. The third-order valence-electron chi connectivity index (χ3n) is 4.99. The van der Waals surface area contributed by atoms with Gasteiger partial charge in [0, 0.05) is 0 Å². The van der Waals surface area contributed by atoms with Crippen LogP contribution in [-0.4, -0.2) is 16.7 Å². The Morgan fingerprint density at radius 2 is 1.90 bits per heavy atom. The number of hydrogen-bond donors (Lipinski definition) is 2. The Morgan fingerprint density at radius 1 is 1.10 bits per heavy atom. The van der Waals surface area contributed by atoms with Gasteiger partial charge >= 0.3 is 0 Å². The number of hydrogen-bond acceptors (Lipinski definition) is 2. The van der Waals surface area contributed by atoms with Crippen LogP contribution in [0.3, 0.4) is 0 Å². The van der Waals surface area contributed by atoms with Gasteiger partial charge in [-0.05, 0) is 49.8 Å². The fraction of sp³-hybridized carbons (Fsp3) is 0.625. The van der Waals surface area contributed by atoms with Gasteiger partial charge in [0.15, 0.2) is 0 Å². The van der Waals surface area contributed by atoms with Crippen LogP contribution in [0.4, 0.5) is 14.5 Å². The molecule has 1 aromatic carbocycles. The molecule has 2 aliphatic rings. The molecule has 0 amide bonds. The van der Waals surface area contributed by atoms with Crippen LogP contribution in [-0.2, 0) is 0 Å². The van der Waals surface area contributed by atoms with Crippen LogP contribution in [0.25, 0.3) is 0 Å². The van der Waals surface area contributed by atoms with Crippen molar-refractivity contribution in [2.75, 3.05) is 5.32 Å². The van der Waals surface area contributed by atoms with Crippen molar-refractivity contribution in [1.82, 2.24) is 0 Å². The molecule has 0 heterocycles. The summed E-state index contributed by atoms with van der Waals surface area (Å²) in [6, 6.07) is 3.23. The lowest BCUT2D eigenvalue weighted by Gasteiger charge is -2.49. The van der Waals surface area contributed by atoms with E-state index < -0.39 is 17.2 Å². The fourth-order valence-electron chi connectivity index (χ4n) is 3.92. The van der Waals surface area contributed by atoms with E-state index >= 15 is 0 Å². The molecule has 0 spiro atoms. The minimum absolute atomic E-state index is 0.162. The Balaban J connectivity index is 1.83. The van der Waals surface area contributed by atoms with Gasteiger partial charge in [0.2, 0.25) is 0 Å². The minimum Gasteiger partial charge on any atom is -0.387 e. The van der Waals surface area contributed by atoms with E-state index in [0.717, 1.165) is 57.1 Å². The summed E-state index contributed by atoms with van der Waals surface area (Å²) in [4.78, 5) is 0. The van der Waals surface area contributed by atoms with Gasteiger partial charge in [0.1, 0.15) is 11.6 Å². The largest absolute Gasteiger partial charge is 0.387 e. The average molecular weight is 281 g/mol. The van der Waals surface area contributed by atoms with Gasteiger partial charge in [-0.15, -0.1) is 0 Å². The number of anilines is 1. The average Bonchev–Trinajstić information content (AvgIpc) is 2.43. The van der Waals surface area contributed by atoms with Crippen molar-refractivity contribution in [3.05, 3.63) is 29.8 Å². The number of halogens is 2. The Kier molecular flexibility index (Phi) is 3.67. The lowest BCUT2D eigenvalue weighted by Crippen LogP contribution is -2.56. The van der Waals surface area contributed by atoms with Crippen LogP contribution in [0, 0.1) is 17.6 Å². The molecule has 0 bridgehead atoms. The highest BCUT2D eigenvalue weighted by Gasteiger charge is 2.47. The first-order chi connectivity index (χ1) is 9.59. The predicted octanol–water partition coefficient (Wildman–Crippen LogP) is 3.85. The summed E-state index contributed by atoms with van der Waals surface area (Å²) in [6.07, 6.45) is 6.85. The lowest BCUT2D eigenvalue weighted by atomic mass is 9.65. The standard InChI is InChI=1S/C16H21F2NO/c17-12-7-8-13(18)14(10-12)19-15-6-3-5-11-4-1-2-9-16(11,15)20/h7-8,10-11,15,19-20H,1-6,9H2/t11-,15?,16-/m1/s1. The molecule has 2 aliphatic carbocycles. The molecule has 2 saturated carbocycles. The van der Waals surface area contributed by atoms with Gasteiger partial charge in [-0.3, -0.25) is 0 Å². The summed E-state index contributed by atoms with van der Waals surface area (Å²) in [5.74, 6) is -0.635. The molecule has 0 saturated heterocycles. The summed E-state index contributed by atoms with van der Waals surface area (Å²) in [7, 11) is 0. The molecule has 2 N–H and O–H groups in total. The molecular weight excluding hydrogens is 260 g/mol. The second-order valence-corrected chi connectivity index (χ2v) is 6.19. The second kappa shape index (κ2) is 5.32. The van der Waals surface area contributed by atoms with Crippen LogP contribution in [0.5, 0.6) is 0 Å². The molecule has 0 radical (unpaired) electrons. The van der Waals surface area contributed by atoms with Crippen molar-refractivity contribution in [2.24, 2.45) is 5.92 Å². The normalized spacial score (nSPS) is 33.5. The van der Waals surface area contributed by atoms with E-state index in [-0.39, 0.29) is 11.7 Å². The van der Waals surface area contributed by atoms with Gasteiger partial charge < -0.3 is 10.4 Å². The van der Waals surface area contributed by atoms with Gasteiger partial charge in [-0.1, -0.05) is 19.3 Å². The molecule has 20 heavy (non-hydrogen) atoms. The summed E-state index contributed by atoms with van der Waals surface area (Å²) in [5.41, 5.74) is -0.607. The zero-order valence-corrected chi connectivity index (χ0v) is 11.5. The van der Waals surface area contributed by atoms with Gasteiger partial charge in [-0.25, -0.2) is 8.78 Å². The molecular formula is C16H21F2NO. The summed E-state index contributed by atoms with van der Waals surface area (Å²) in [5, 5.41) is 14.1. The first-order valence-corrected chi connectivity index (χ1v) is 7.53. The molecule has 2 nitrogen and oxygen atoms in total. The number of benzene rings is 1. The van der Waals surface area contributed by atoms with Crippen molar-refractivity contribution in [3.63, 3.8) is 0 Å². The smallest absolute Gasteiger partial charge is 0.146 e. The van der Waals surface area contributed by atoms with E-state index in [2.05, 4.69) is 5.32 Å². The monoisotopic (exact) mass is 281 g/mol. The molecule has 0 aromatic heterocycles. The topological polar surface area (TPSA) is 32.3 Å². The van der Waals surface area contributed by atoms with Crippen molar-refractivity contribution >= 4 is 5.69 Å². The lowest BCUT2D eigenvalue weighted by molar-refractivity contribution is -0.0835. The van der Waals surface area contributed by atoms with Crippen molar-refractivity contribution in [3.8, 4) is 0 Å². The van der Waals surface area contributed by atoms with Gasteiger partial charge in [-0.2, -0.15) is 0 Å². The highest BCUT2D eigenvalue weighted by atomic mass is 19.1. The Morgan fingerprint density at radius 3 is 2.75 bits per heavy atom. The number of nitrogens with one attached hydrogen (secondary N) is 1. The van der Waals surface area contributed by atoms with E-state index in [1.165, 1.54) is 6.07 Å². The molecule has 4 heteroatoms. The Bertz CT molecular complexity index is 491. The van der Waals surface area contributed by atoms with Crippen LogP contribution >= 0.6 is 0 Å². The molecule has 0 aliphatic heterocycles. The maximum atomic E-state index is 13.8. The number of rotatable bonds is 2. The Hall–Kier alpha value is -1.16. The molecule has 2 fully saturated rings. The molecule has 1 unspecified atom stereocenters. The van der Waals surface area contributed by atoms with Crippen LogP contribution in [0.1, 0.15) is 44.9 Å². The van der Waals surface area contributed by atoms with E-state index in [9.17, 15) is 13.9 Å². The highest BCUT2D eigenvalue weighted by molar-refractivity contribution is 5.46. The van der Waals surface area contributed by atoms with Crippen LogP contribution in [0.2, 0.25) is 0 Å². The summed E-state index contributed by atoms with van der Waals surface area (Å²) >= 11 is 0. The first kappa shape index (κ1) is 13.8. The second-order valence-electron chi connectivity index (χ2n) is 6.19. The van der Waals surface area contributed by atoms with Gasteiger partial charge in [0.25, 0.3) is 0 Å². The van der Waals surface area contributed by atoms with Crippen molar-refractivity contribution in [1.29, 1.82) is 0 Å². The molecule has 3 rings (SSSR count). The third-order valence-corrected chi connectivity index (χ3v) is 4.99. The van der Waals surface area contributed by atoms with E-state index in [1.54, 1.807) is 0 Å². The number of fused-ring (bicyclic) bond motifs is 1. The minimum atomic E-state index is -0.769.